The summed E-state index contributed by atoms with van der Waals surface area (Å²) in [5.41, 5.74) is 1.57. The molecule has 2 N–H and O–H groups in total. The van der Waals surface area contributed by atoms with E-state index in [1.807, 2.05) is 19.1 Å². The summed E-state index contributed by atoms with van der Waals surface area (Å²) in [4.78, 5) is 28.9. The van der Waals surface area contributed by atoms with E-state index in [4.69, 9.17) is 4.42 Å². The van der Waals surface area contributed by atoms with Crippen LogP contribution in [0.5, 0.6) is 0 Å². The first kappa shape index (κ1) is 16.7. The molecule has 3 aromatic rings. The molecular formula is C18H15N3O3S. The topological polar surface area (TPSA) is 84.2 Å². The molecule has 2 aromatic heterocycles. The van der Waals surface area contributed by atoms with E-state index in [-0.39, 0.29) is 11.6 Å². The van der Waals surface area contributed by atoms with Gasteiger partial charge in [0.05, 0.1) is 6.26 Å². The van der Waals surface area contributed by atoms with Crippen LogP contribution in [0.3, 0.4) is 0 Å². The number of carbonyl (C=O) groups excluding carboxylic acids is 2. The lowest BCUT2D eigenvalue weighted by atomic mass is 10.1. The number of nitrogens with zero attached hydrogens (tertiary/aromatic N) is 1. The summed E-state index contributed by atoms with van der Waals surface area (Å²) in [6.07, 6.45) is 4.54. The van der Waals surface area contributed by atoms with E-state index in [1.165, 1.54) is 23.7 Å². The predicted octanol–water partition coefficient (Wildman–Crippen LogP) is 3.45. The number of amides is 2. The highest BCUT2D eigenvalue weighted by molar-refractivity contribution is 7.13. The van der Waals surface area contributed by atoms with Crippen molar-refractivity contribution in [3.8, 4) is 0 Å². The molecule has 0 aliphatic heterocycles. The first-order valence-electron chi connectivity index (χ1n) is 7.46. The third-order valence-electron chi connectivity index (χ3n) is 3.29. The normalized spacial score (nSPS) is 11.2. The Morgan fingerprint density at radius 2 is 2.00 bits per heavy atom. The van der Waals surface area contributed by atoms with Crippen LogP contribution >= 0.6 is 11.3 Å². The predicted molar refractivity (Wildman–Crippen MR) is 96.1 cm³/mol. The van der Waals surface area contributed by atoms with Crippen LogP contribution in [-0.2, 0) is 4.79 Å². The maximum absolute atomic E-state index is 12.5. The molecule has 1 aromatic carbocycles. The van der Waals surface area contributed by atoms with Gasteiger partial charge >= 0.3 is 0 Å². The fourth-order valence-electron chi connectivity index (χ4n) is 2.02. The Kier molecular flexibility index (Phi) is 5.06. The molecule has 0 radical (unpaired) electrons. The zero-order valence-electron chi connectivity index (χ0n) is 13.4. The quantitative estimate of drug-likeness (QED) is 0.688. The number of furan rings is 1. The second kappa shape index (κ2) is 7.59. The average Bonchev–Trinajstić information content (AvgIpc) is 3.28. The van der Waals surface area contributed by atoms with Gasteiger partial charge in [-0.15, -0.1) is 11.3 Å². The second-order valence-electron chi connectivity index (χ2n) is 5.18. The summed E-state index contributed by atoms with van der Waals surface area (Å²) in [6.45, 7) is 1.94. The smallest absolute Gasteiger partial charge is 0.274 e. The van der Waals surface area contributed by atoms with Crippen molar-refractivity contribution in [1.29, 1.82) is 0 Å². The lowest BCUT2D eigenvalue weighted by Crippen LogP contribution is -2.30. The zero-order valence-corrected chi connectivity index (χ0v) is 14.2. The molecule has 0 bridgehead atoms. The molecule has 7 heteroatoms. The number of aromatic nitrogens is 1. The molecule has 0 atom stereocenters. The highest BCUT2D eigenvalue weighted by Crippen LogP contribution is 2.13. The van der Waals surface area contributed by atoms with Gasteiger partial charge in [0.25, 0.3) is 11.8 Å². The van der Waals surface area contributed by atoms with Gasteiger partial charge in [-0.1, -0.05) is 17.7 Å². The molecule has 0 saturated heterocycles. The van der Waals surface area contributed by atoms with Crippen molar-refractivity contribution in [2.45, 2.75) is 6.92 Å². The van der Waals surface area contributed by atoms with Gasteiger partial charge in [0.15, 0.2) is 5.13 Å². The Morgan fingerprint density at radius 3 is 2.64 bits per heavy atom. The van der Waals surface area contributed by atoms with E-state index in [1.54, 1.807) is 35.8 Å². The molecule has 0 spiro atoms. The van der Waals surface area contributed by atoms with Crippen molar-refractivity contribution in [2.24, 2.45) is 0 Å². The van der Waals surface area contributed by atoms with Crippen LogP contribution in [0.15, 0.2) is 64.4 Å². The van der Waals surface area contributed by atoms with Gasteiger partial charge in [0.1, 0.15) is 11.5 Å². The van der Waals surface area contributed by atoms with Gasteiger partial charge in [-0.3, -0.25) is 14.9 Å². The third kappa shape index (κ3) is 4.42. The number of aryl methyl sites for hydroxylation is 1. The first-order valence-corrected chi connectivity index (χ1v) is 8.34. The third-order valence-corrected chi connectivity index (χ3v) is 3.98. The Morgan fingerprint density at radius 1 is 1.20 bits per heavy atom. The van der Waals surface area contributed by atoms with Gasteiger partial charge in [0, 0.05) is 23.2 Å². The molecule has 2 amide bonds. The molecule has 2 heterocycles. The van der Waals surface area contributed by atoms with Crippen molar-refractivity contribution >= 4 is 34.4 Å². The van der Waals surface area contributed by atoms with E-state index in [2.05, 4.69) is 15.6 Å². The number of anilines is 1. The second-order valence-corrected chi connectivity index (χ2v) is 6.08. The molecular weight excluding hydrogens is 338 g/mol. The molecule has 0 aliphatic rings. The van der Waals surface area contributed by atoms with Gasteiger partial charge in [-0.25, -0.2) is 4.98 Å². The molecule has 0 aliphatic carbocycles. The summed E-state index contributed by atoms with van der Waals surface area (Å²) < 4.78 is 5.23. The maximum Gasteiger partial charge on any atom is 0.274 e. The van der Waals surface area contributed by atoms with Gasteiger partial charge in [-0.2, -0.15) is 0 Å². The lowest BCUT2D eigenvalue weighted by Gasteiger charge is -2.09. The van der Waals surface area contributed by atoms with Crippen molar-refractivity contribution in [3.05, 3.63) is 76.8 Å². The fourth-order valence-corrected chi connectivity index (χ4v) is 2.55. The standard InChI is InChI=1S/C18H15N3O3S/c1-12-4-6-13(7-5-12)16(22)20-15(11-14-3-2-9-24-14)17(23)21-18-19-8-10-25-18/h2-11H,1H3,(H,20,22)(H,19,21,23). The van der Waals surface area contributed by atoms with Crippen molar-refractivity contribution in [3.63, 3.8) is 0 Å². The summed E-state index contributed by atoms with van der Waals surface area (Å²) in [6, 6.07) is 10.5. The van der Waals surface area contributed by atoms with Gasteiger partial charge in [0.2, 0.25) is 0 Å². The highest BCUT2D eigenvalue weighted by atomic mass is 32.1. The van der Waals surface area contributed by atoms with Crippen LogP contribution in [0.25, 0.3) is 6.08 Å². The SMILES string of the molecule is Cc1ccc(C(=O)NC(=Cc2ccco2)C(=O)Nc2nccs2)cc1. The number of thiazole rings is 1. The van der Waals surface area contributed by atoms with Crippen molar-refractivity contribution < 1.29 is 14.0 Å². The largest absolute Gasteiger partial charge is 0.465 e. The first-order chi connectivity index (χ1) is 12.1. The van der Waals surface area contributed by atoms with E-state index in [0.29, 0.717) is 16.5 Å². The molecule has 0 saturated carbocycles. The number of hydrogen-bond acceptors (Lipinski definition) is 5. The van der Waals surface area contributed by atoms with Gasteiger partial charge in [-0.05, 0) is 31.2 Å². The Bertz CT molecular complexity index is 882. The molecule has 0 fully saturated rings. The maximum atomic E-state index is 12.5. The number of nitrogens with one attached hydrogen (secondary N) is 2. The van der Waals surface area contributed by atoms with E-state index < -0.39 is 5.91 Å². The minimum absolute atomic E-state index is 0.0655. The van der Waals surface area contributed by atoms with E-state index in [0.717, 1.165) is 5.56 Å². The summed E-state index contributed by atoms with van der Waals surface area (Å²) in [5, 5.41) is 7.47. The van der Waals surface area contributed by atoms with Crippen LogP contribution in [0.1, 0.15) is 21.7 Å². The fraction of sp³-hybridized carbons (Fsp3) is 0.0556. The molecule has 126 valence electrons. The molecule has 25 heavy (non-hydrogen) atoms. The van der Waals surface area contributed by atoms with Crippen LogP contribution in [0.2, 0.25) is 0 Å². The molecule has 6 nitrogen and oxygen atoms in total. The lowest BCUT2D eigenvalue weighted by molar-refractivity contribution is -0.113. The summed E-state index contributed by atoms with van der Waals surface area (Å²) in [5.74, 6) is -0.410. The number of rotatable bonds is 5. The minimum Gasteiger partial charge on any atom is -0.465 e. The summed E-state index contributed by atoms with van der Waals surface area (Å²) in [7, 11) is 0. The number of carbonyl (C=O) groups is 2. The zero-order chi connectivity index (χ0) is 17.6. The van der Waals surface area contributed by atoms with E-state index in [9.17, 15) is 9.59 Å². The minimum atomic E-state index is -0.480. The van der Waals surface area contributed by atoms with Crippen LogP contribution in [0.4, 0.5) is 5.13 Å². The van der Waals surface area contributed by atoms with Crippen LogP contribution in [-0.4, -0.2) is 16.8 Å². The highest BCUT2D eigenvalue weighted by Gasteiger charge is 2.16. The van der Waals surface area contributed by atoms with Crippen LogP contribution < -0.4 is 10.6 Å². The Balaban J connectivity index is 1.82. The Hall–Kier alpha value is -3.19. The number of hydrogen-bond donors (Lipinski definition) is 2. The monoisotopic (exact) mass is 353 g/mol. The van der Waals surface area contributed by atoms with E-state index >= 15 is 0 Å². The number of benzene rings is 1. The summed E-state index contributed by atoms with van der Waals surface area (Å²) >= 11 is 1.29. The van der Waals surface area contributed by atoms with Gasteiger partial charge < -0.3 is 9.73 Å². The van der Waals surface area contributed by atoms with Crippen LogP contribution in [0, 0.1) is 6.92 Å². The molecule has 0 unspecified atom stereocenters. The Labute approximate surface area is 148 Å². The van der Waals surface area contributed by atoms with Crippen molar-refractivity contribution in [1.82, 2.24) is 10.3 Å². The van der Waals surface area contributed by atoms with Crippen molar-refractivity contribution in [2.75, 3.05) is 5.32 Å². The average molecular weight is 353 g/mol. The molecule has 3 rings (SSSR count).